The van der Waals surface area contributed by atoms with Gasteiger partial charge in [-0.3, -0.25) is 0 Å². The quantitative estimate of drug-likeness (QED) is 0.805. The SMILES string of the molecule is COc1cc(Cl)c(C(O)c2[nH]cnc2C(=O)O)cc1Cl. The number of carbonyl (C=O) groups is 1. The fourth-order valence-corrected chi connectivity index (χ4v) is 2.25. The van der Waals surface area contributed by atoms with Crippen LogP contribution in [0.2, 0.25) is 10.0 Å². The standard InChI is InChI=1S/C12H10Cl2N2O4/c1-20-8-3-6(13)5(2-7(8)14)11(17)9-10(12(18)19)16-4-15-9/h2-4,11,17H,1H3,(H,15,16)(H,18,19). The Kier molecular flexibility index (Phi) is 4.17. The Balaban J connectivity index is 2.48. The highest BCUT2D eigenvalue weighted by Crippen LogP contribution is 2.36. The zero-order chi connectivity index (χ0) is 14.9. The van der Waals surface area contributed by atoms with Gasteiger partial charge < -0.3 is 19.9 Å². The fraction of sp³-hybridized carbons (Fsp3) is 0.167. The van der Waals surface area contributed by atoms with Crippen LogP contribution in [0.4, 0.5) is 0 Å². The van der Waals surface area contributed by atoms with E-state index in [1.54, 1.807) is 0 Å². The molecule has 2 aromatic rings. The number of halogens is 2. The number of aliphatic hydroxyl groups is 1. The van der Waals surface area contributed by atoms with Crippen LogP contribution in [0.25, 0.3) is 0 Å². The Morgan fingerprint density at radius 3 is 2.70 bits per heavy atom. The molecule has 2 rings (SSSR count). The van der Waals surface area contributed by atoms with Gasteiger partial charge in [0.05, 0.1) is 29.2 Å². The van der Waals surface area contributed by atoms with Crippen LogP contribution < -0.4 is 4.74 Å². The number of rotatable bonds is 4. The molecule has 1 unspecified atom stereocenters. The van der Waals surface area contributed by atoms with Gasteiger partial charge in [-0.2, -0.15) is 0 Å². The number of imidazole rings is 1. The van der Waals surface area contributed by atoms with Gasteiger partial charge in [-0.25, -0.2) is 9.78 Å². The summed E-state index contributed by atoms with van der Waals surface area (Å²) in [7, 11) is 1.44. The summed E-state index contributed by atoms with van der Waals surface area (Å²) < 4.78 is 5.00. The first kappa shape index (κ1) is 14.6. The van der Waals surface area contributed by atoms with Crippen LogP contribution >= 0.6 is 23.2 Å². The molecule has 1 aromatic carbocycles. The number of benzene rings is 1. The van der Waals surface area contributed by atoms with Crippen LogP contribution in [0.3, 0.4) is 0 Å². The summed E-state index contributed by atoms with van der Waals surface area (Å²) >= 11 is 12.0. The average molecular weight is 317 g/mol. The molecule has 0 aliphatic heterocycles. The number of aliphatic hydroxyl groups excluding tert-OH is 1. The molecule has 0 fully saturated rings. The van der Waals surface area contributed by atoms with Crippen LogP contribution in [0.1, 0.15) is 27.8 Å². The molecule has 0 radical (unpaired) electrons. The van der Waals surface area contributed by atoms with Crippen molar-refractivity contribution in [3.8, 4) is 5.75 Å². The molecule has 8 heteroatoms. The second-order valence-corrected chi connectivity index (χ2v) is 4.70. The van der Waals surface area contributed by atoms with Gasteiger partial charge in [0.2, 0.25) is 0 Å². The number of nitrogens with zero attached hydrogens (tertiary/aromatic N) is 1. The van der Waals surface area contributed by atoms with Crippen LogP contribution in [0.15, 0.2) is 18.5 Å². The number of carboxylic acid groups (broad SMARTS) is 1. The summed E-state index contributed by atoms with van der Waals surface area (Å²) in [5.41, 5.74) is 0.00496. The van der Waals surface area contributed by atoms with Crippen molar-refractivity contribution in [1.29, 1.82) is 0 Å². The summed E-state index contributed by atoms with van der Waals surface area (Å²) in [5, 5.41) is 19.7. The van der Waals surface area contributed by atoms with E-state index in [0.29, 0.717) is 5.75 Å². The van der Waals surface area contributed by atoms with Crippen LogP contribution in [0.5, 0.6) is 5.75 Å². The third kappa shape index (κ3) is 2.58. The van der Waals surface area contributed by atoms with Crippen molar-refractivity contribution < 1.29 is 19.7 Å². The lowest BCUT2D eigenvalue weighted by atomic mass is 10.0. The Morgan fingerprint density at radius 2 is 2.10 bits per heavy atom. The third-order valence-electron chi connectivity index (χ3n) is 2.71. The topological polar surface area (TPSA) is 95.4 Å². The Labute approximate surface area is 123 Å². The number of aromatic nitrogens is 2. The maximum atomic E-state index is 11.0. The van der Waals surface area contributed by atoms with E-state index in [-0.39, 0.29) is 27.0 Å². The smallest absolute Gasteiger partial charge is 0.356 e. The second kappa shape index (κ2) is 5.70. The number of aromatic carboxylic acids is 1. The first-order chi connectivity index (χ1) is 9.45. The highest BCUT2D eigenvalue weighted by atomic mass is 35.5. The van der Waals surface area contributed by atoms with Crippen molar-refractivity contribution in [1.82, 2.24) is 9.97 Å². The van der Waals surface area contributed by atoms with Crippen LogP contribution in [-0.2, 0) is 0 Å². The Morgan fingerprint density at radius 1 is 1.40 bits per heavy atom. The molecule has 106 valence electrons. The van der Waals surface area contributed by atoms with Gasteiger partial charge >= 0.3 is 5.97 Å². The van der Waals surface area contributed by atoms with Crippen molar-refractivity contribution in [2.24, 2.45) is 0 Å². The van der Waals surface area contributed by atoms with Gasteiger partial charge in [0.25, 0.3) is 0 Å². The predicted octanol–water partition coefficient (Wildman–Crippen LogP) is 2.50. The largest absolute Gasteiger partial charge is 0.495 e. The molecule has 3 N–H and O–H groups in total. The lowest BCUT2D eigenvalue weighted by Crippen LogP contribution is -2.09. The minimum atomic E-state index is -1.29. The zero-order valence-electron chi connectivity index (χ0n) is 10.2. The Hall–Kier alpha value is -1.76. The van der Waals surface area contributed by atoms with Gasteiger partial charge in [-0.1, -0.05) is 23.2 Å². The molecule has 0 aliphatic rings. The van der Waals surface area contributed by atoms with Crippen molar-refractivity contribution in [2.75, 3.05) is 7.11 Å². The number of carboxylic acids is 1. The predicted molar refractivity (Wildman–Crippen MR) is 72.6 cm³/mol. The number of ether oxygens (including phenoxy) is 1. The minimum Gasteiger partial charge on any atom is -0.495 e. The summed E-state index contributed by atoms with van der Waals surface area (Å²) in [6.07, 6.45) is -0.111. The van der Waals surface area contributed by atoms with E-state index < -0.39 is 12.1 Å². The number of aromatic amines is 1. The number of methoxy groups -OCH3 is 1. The average Bonchev–Trinajstić information content (AvgIpc) is 2.89. The van der Waals surface area contributed by atoms with Gasteiger partial charge in [0, 0.05) is 11.6 Å². The fourth-order valence-electron chi connectivity index (χ4n) is 1.75. The number of H-pyrrole nitrogens is 1. The molecule has 1 aromatic heterocycles. The molecule has 0 amide bonds. The Bertz CT molecular complexity index is 657. The van der Waals surface area contributed by atoms with Gasteiger partial charge in [0.15, 0.2) is 5.69 Å². The summed E-state index contributed by atoms with van der Waals surface area (Å²) in [6, 6.07) is 2.86. The highest BCUT2D eigenvalue weighted by Gasteiger charge is 2.24. The maximum absolute atomic E-state index is 11.0. The molecule has 0 bridgehead atoms. The second-order valence-electron chi connectivity index (χ2n) is 3.88. The molecule has 1 heterocycles. The molecule has 0 aliphatic carbocycles. The lowest BCUT2D eigenvalue weighted by molar-refractivity contribution is 0.0685. The van der Waals surface area contributed by atoms with E-state index in [4.69, 9.17) is 33.0 Å². The van der Waals surface area contributed by atoms with Crippen molar-refractivity contribution >= 4 is 29.2 Å². The zero-order valence-corrected chi connectivity index (χ0v) is 11.7. The normalized spacial score (nSPS) is 12.2. The number of hydrogen-bond acceptors (Lipinski definition) is 4. The molecule has 0 saturated heterocycles. The molecular weight excluding hydrogens is 307 g/mol. The third-order valence-corrected chi connectivity index (χ3v) is 3.33. The molecule has 0 saturated carbocycles. The first-order valence-corrected chi connectivity index (χ1v) is 6.18. The van der Waals surface area contributed by atoms with Crippen molar-refractivity contribution in [3.63, 3.8) is 0 Å². The van der Waals surface area contributed by atoms with E-state index in [9.17, 15) is 9.90 Å². The molecule has 6 nitrogen and oxygen atoms in total. The van der Waals surface area contributed by atoms with Crippen LogP contribution in [0, 0.1) is 0 Å². The summed E-state index contributed by atoms with van der Waals surface area (Å²) in [5.74, 6) is -0.897. The van der Waals surface area contributed by atoms with Crippen LogP contribution in [-0.4, -0.2) is 33.3 Å². The van der Waals surface area contributed by atoms with Gasteiger partial charge in [0.1, 0.15) is 11.9 Å². The van der Waals surface area contributed by atoms with Gasteiger partial charge in [-0.15, -0.1) is 0 Å². The van der Waals surface area contributed by atoms with E-state index in [0.717, 1.165) is 0 Å². The monoisotopic (exact) mass is 316 g/mol. The molecule has 1 atom stereocenters. The number of nitrogens with one attached hydrogen (secondary N) is 1. The summed E-state index contributed by atoms with van der Waals surface area (Å²) in [4.78, 5) is 17.2. The first-order valence-electron chi connectivity index (χ1n) is 5.43. The van der Waals surface area contributed by atoms with Gasteiger partial charge in [-0.05, 0) is 6.07 Å². The van der Waals surface area contributed by atoms with E-state index >= 15 is 0 Å². The van der Waals surface area contributed by atoms with Crippen molar-refractivity contribution in [2.45, 2.75) is 6.10 Å². The number of hydrogen-bond donors (Lipinski definition) is 3. The lowest BCUT2D eigenvalue weighted by Gasteiger charge is -2.14. The minimum absolute atomic E-state index is 0.0284. The molecule has 0 spiro atoms. The maximum Gasteiger partial charge on any atom is 0.356 e. The van der Waals surface area contributed by atoms with E-state index in [1.807, 2.05) is 0 Å². The van der Waals surface area contributed by atoms with Crippen molar-refractivity contribution in [3.05, 3.63) is 45.5 Å². The molecule has 20 heavy (non-hydrogen) atoms. The molecular formula is C12H10Cl2N2O4. The highest BCUT2D eigenvalue weighted by molar-refractivity contribution is 6.34. The summed E-state index contributed by atoms with van der Waals surface area (Å²) in [6.45, 7) is 0. The van der Waals surface area contributed by atoms with E-state index in [2.05, 4.69) is 9.97 Å². The van der Waals surface area contributed by atoms with E-state index in [1.165, 1.54) is 25.6 Å².